The molecule has 5 rings (SSSR count). The number of halogens is 4. The highest BCUT2D eigenvalue weighted by atomic mass is 19.2. The summed E-state index contributed by atoms with van der Waals surface area (Å²) in [6.45, 7) is 30.9. The van der Waals surface area contributed by atoms with Crippen molar-refractivity contribution in [3.63, 3.8) is 0 Å². The van der Waals surface area contributed by atoms with Gasteiger partial charge in [0.2, 0.25) is 5.70 Å². The van der Waals surface area contributed by atoms with E-state index in [0.29, 0.717) is 24.3 Å². The number of nitrogens with zero attached hydrogens (tertiary/aromatic N) is 9. The molecule has 0 amide bonds. The van der Waals surface area contributed by atoms with Gasteiger partial charge in [0.1, 0.15) is 11.9 Å². The van der Waals surface area contributed by atoms with E-state index in [1.54, 1.807) is 18.2 Å². The molecule has 2 aliphatic carbocycles. The first-order chi connectivity index (χ1) is 23.1. The van der Waals surface area contributed by atoms with Crippen LogP contribution >= 0.6 is 0 Å². The molecule has 0 spiro atoms. The van der Waals surface area contributed by atoms with E-state index < -0.39 is 79.4 Å². The first-order valence-electron chi connectivity index (χ1n) is 12.8. The average molecular weight is 627 g/mol. The number of fused-ring (bicyclic) bond motifs is 2. The van der Waals surface area contributed by atoms with Crippen LogP contribution < -0.4 is 0 Å². The Kier molecular flexibility index (Phi) is 7.59. The van der Waals surface area contributed by atoms with Gasteiger partial charge in [-0.25, -0.2) is 47.5 Å². The third kappa shape index (κ3) is 4.23. The molecular weight excluding hydrogens is 622 g/mol. The Morgan fingerprint density at radius 1 is 0.562 bits per heavy atom. The van der Waals surface area contributed by atoms with Crippen LogP contribution in [0.4, 0.5) is 23.2 Å². The summed E-state index contributed by atoms with van der Waals surface area (Å²) in [6, 6.07) is 12.1. The van der Waals surface area contributed by atoms with Gasteiger partial charge in [-0.1, -0.05) is 0 Å². The van der Waals surface area contributed by atoms with E-state index in [1.807, 2.05) is 12.1 Å². The highest BCUT2D eigenvalue weighted by molar-refractivity contribution is 6.30. The summed E-state index contributed by atoms with van der Waals surface area (Å²) in [4.78, 5) is 13.1. The van der Waals surface area contributed by atoms with Gasteiger partial charge in [0, 0.05) is 22.3 Å². The first-order valence-corrected chi connectivity index (χ1v) is 12.8. The van der Waals surface area contributed by atoms with Crippen LogP contribution in [0.2, 0.25) is 0 Å². The van der Waals surface area contributed by atoms with Crippen LogP contribution in [0.3, 0.4) is 0 Å². The number of allylic oxidation sites excluding steroid dienone is 7. The SMILES string of the molecule is [C-]#[N+]C1=C(c2cc(F)c(F)cc2[N+]#[C-])/C(=C(/C#N)[N+]#[C-])c2cc3c(c(C#N)c21)/C(=C(/C#N)[N+]#[C-])C(c1cc(F)c(F)cc1C#N)=C3C#N. The Bertz CT molecular complexity index is 2610. The minimum absolute atomic E-state index is 0.194. The second-order valence-electron chi connectivity index (χ2n) is 9.62. The predicted molar refractivity (Wildman–Crippen MR) is 159 cm³/mol. The van der Waals surface area contributed by atoms with E-state index >= 15 is 0 Å². The largest absolute Gasteiger partial charge is 0.270 e. The van der Waals surface area contributed by atoms with Crippen LogP contribution in [0.5, 0.6) is 0 Å². The maximum absolute atomic E-state index is 14.6. The zero-order valence-corrected chi connectivity index (χ0v) is 23.4. The normalized spacial score (nSPS) is 14.4. The van der Waals surface area contributed by atoms with E-state index in [-0.39, 0.29) is 39.0 Å². The highest BCUT2D eigenvalue weighted by Crippen LogP contribution is 2.57. The fraction of sp³-hybridized carbons (Fsp3) is 0. The molecule has 0 radical (unpaired) electrons. The molecule has 0 fully saturated rings. The molecule has 0 aliphatic heterocycles. The average Bonchev–Trinajstić information content (AvgIpc) is 3.59. The van der Waals surface area contributed by atoms with Gasteiger partial charge in [0.15, 0.2) is 23.1 Å². The molecule has 218 valence electrons. The molecule has 0 aromatic heterocycles. The van der Waals surface area contributed by atoms with Crippen molar-refractivity contribution in [1.82, 2.24) is 0 Å². The molecule has 0 saturated carbocycles. The van der Waals surface area contributed by atoms with Crippen molar-refractivity contribution in [2.75, 3.05) is 0 Å². The maximum Gasteiger partial charge on any atom is 0.270 e. The summed E-state index contributed by atoms with van der Waals surface area (Å²) in [6.07, 6.45) is 0. The molecule has 0 heterocycles. The van der Waals surface area contributed by atoms with Crippen LogP contribution in [-0.2, 0) is 0 Å². The topological polar surface area (TPSA) is 136 Å². The summed E-state index contributed by atoms with van der Waals surface area (Å²) < 4.78 is 57.6. The zero-order valence-electron chi connectivity index (χ0n) is 23.4. The Morgan fingerprint density at radius 3 is 1.67 bits per heavy atom. The van der Waals surface area contributed by atoms with Crippen LogP contribution in [0.1, 0.15) is 44.5 Å². The predicted octanol–water partition coefficient (Wildman–Crippen LogP) is 8.09. The summed E-state index contributed by atoms with van der Waals surface area (Å²) in [5.74, 6) is -5.69. The number of hydrogen-bond acceptors (Lipinski definition) is 5. The lowest BCUT2D eigenvalue weighted by Gasteiger charge is -2.15. The van der Waals surface area contributed by atoms with E-state index in [2.05, 4.69) is 19.4 Å². The highest BCUT2D eigenvalue weighted by Gasteiger charge is 2.41. The molecule has 3 aromatic rings. The van der Waals surface area contributed by atoms with Crippen molar-refractivity contribution in [2.45, 2.75) is 0 Å². The second-order valence-corrected chi connectivity index (χ2v) is 9.62. The van der Waals surface area contributed by atoms with Gasteiger partial charge in [-0.05, 0) is 63.7 Å². The van der Waals surface area contributed by atoms with Gasteiger partial charge >= 0.3 is 0 Å². The van der Waals surface area contributed by atoms with Crippen molar-refractivity contribution in [3.8, 4) is 30.3 Å². The molecule has 9 nitrogen and oxygen atoms in total. The van der Waals surface area contributed by atoms with Gasteiger partial charge in [-0.15, -0.1) is 0 Å². The third-order valence-corrected chi connectivity index (χ3v) is 7.46. The monoisotopic (exact) mass is 627 g/mol. The second kappa shape index (κ2) is 11.7. The fourth-order valence-corrected chi connectivity index (χ4v) is 5.65. The third-order valence-electron chi connectivity index (χ3n) is 7.46. The molecule has 0 bridgehead atoms. The van der Waals surface area contributed by atoms with Crippen LogP contribution in [-0.4, -0.2) is 0 Å². The molecule has 0 saturated heterocycles. The van der Waals surface area contributed by atoms with E-state index in [9.17, 15) is 43.9 Å². The van der Waals surface area contributed by atoms with Crippen molar-refractivity contribution >= 4 is 39.2 Å². The standard InChI is InChI=1S/C35H5F4N9/c1-45-26-9-25(39)24(38)8-18(26)33-32(27(13-43)46-2)19-6-17-20(11-41)29(16-7-23(37)22(36)5-15(16)10-40)34(28(14-44)47-3)30(17)21(12-42)31(19)35(33)48-4/h5-9H/b32-27-,34-28-. The molecule has 2 aliphatic rings. The van der Waals surface area contributed by atoms with Gasteiger partial charge in [-0.2, -0.15) is 15.8 Å². The lowest BCUT2D eigenvalue weighted by molar-refractivity contribution is 0.508. The number of rotatable bonds is 2. The van der Waals surface area contributed by atoms with Gasteiger partial charge in [0.25, 0.3) is 11.4 Å². The lowest BCUT2D eigenvalue weighted by Crippen LogP contribution is -2.01. The molecule has 0 unspecified atom stereocenters. The number of nitriles is 5. The molecule has 13 heteroatoms. The van der Waals surface area contributed by atoms with Crippen molar-refractivity contribution in [1.29, 1.82) is 26.3 Å². The number of benzene rings is 3. The molecule has 0 N–H and O–H groups in total. The van der Waals surface area contributed by atoms with Crippen LogP contribution in [0.15, 0.2) is 41.7 Å². The van der Waals surface area contributed by atoms with Crippen molar-refractivity contribution in [3.05, 3.63) is 155 Å². The summed E-state index contributed by atoms with van der Waals surface area (Å²) in [5, 5.41) is 50.6. The molecule has 48 heavy (non-hydrogen) atoms. The smallest absolute Gasteiger partial charge is 0.237 e. The Hall–Kier alpha value is -8.25. The quantitative estimate of drug-likeness (QED) is 0.161. The molecule has 0 atom stereocenters. The van der Waals surface area contributed by atoms with Gasteiger partial charge in [0.05, 0.1) is 67.3 Å². The molecular formula is C35H5F4N9. The Labute approximate surface area is 268 Å². The van der Waals surface area contributed by atoms with Crippen LogP contribution in [0.25, 0.3) is 52.9 Å². The fourth-order valence-electron chi connectivity index (χ4n) is 5.65. The van der Waals surface area contributed by atoms with Crippen molar-refractivity contribution < 1.29 is 17.6 Å². The van der Waals surface area contributed by atoms with E-state index in [1.165, 1.54) is 0 Å². The Balaban J connectivity index is 2.07. The Morgan fingerprint density at radius 2 is 1.15 bits per heavy atom. The van der Waals surface area contributed by atoms with Crippen molar-refractivity contribution in [2.24, 2.45) is 0 Å². The van der Waals surface area contributed by atoms with E-state index in [4.69, 9.17) is 26.3 Å². The maximum atomic E-state index is 14.6. The minimum atomic E-state index is -1.45. The summed E-state index contributed by atoms with van der Waals surface area (Å²) in [7, 11) is 0. The van der Waals surface area contributed by atoms with Crippen LogP contribution in [0, 0.1) is 106 Å². The summed E-state index contributed by atoms with van der Waals surface area (Å²) >= 11 is 0. The molecule has 3 aromatic carbocycles. The zero-order chi connectivity index (χ0) is 35.0. The summed E-state index contributed by atoms with van der Waals surface area (Å²) in [5.41, 5.74) is -7.16. The minimum Gasteiger partial charge on any atom is -0.237 e. The first kappa shape index (κ1) is 31.2. The lowest BCUT2D eigenvalue weighted by atomic mass is 9.87. The van der Waals surface area contributed by atoms with Gasteiger partial charge in [-0.3, -0.25) is 0 Å². The van der Waals surface area contributed by atoms with Gasteiger partial charge < -0.3 is 0 Å². The van der Waals surface area contributed by atoms with E-state index in [0.717, 1.165) is 6.07 Å². The number of hydrogen-bond donors (Lipinski definition) is 0.